The molecule has 2 aromatic carbocycles. The second-order valence-electron chi connectivity index (χ2n) is 3.89. The highest BCUT2D eigenvalue weighted by Gasteiger charge is 2.11. The summed E-state index contributed by atoms with van der Waals surface area (Å²) < 4.78 is 18.5. The molecular weight excluding hydrogens is 247 g/mol. The average molecular weight is 260 g/mol. The Hall–Kier alpha value is -2.56. The molecule has 0 aliphatic heterocycles. The number of carbonyl (C=O) groups excluding carboxylic acids is 1. The molecule has 19 heavy (non-hydrogen) atoms. The molecule has 0 heterocycles. The molecule has 0 aliphatic carbocycles. The SMILES string of the molecule is COc1cc(NC(=O)c2ccccc2F)ccc1N. The van der Waals surface area contributed by atoms with Crippen LogP contribution in [0.1, 0.15) is 10.4 Å². The van der Waals surface area contributed by atoms with E-state index in [0.717, 1.165) is 0 Å². The molecule has 0 unspecified atom stereocenters. The average Bonchev–Trinajstić information content (AvgIpc) is 2.41. The van der Waals surface area contributed by atoms with Crippen LogP contribution in [0, 0.1) is 5.82 Å². The summed E-state index contributed by atoms with van der Waals surface area (Å²) in [7, 11) is 1.48. The molecule has 2 rings (SSSR count). The molecule has 2 aromatic rings. The summed E-state index contributed by atoms with van der Waals surface area (Å²) >= 11 is 0. The molecule has 98 valence electrons. The Morgan fingerprint density at radius 2 is 2.00 bits per heavy atom. The van der Waals surface area contributed by atoms with Crippen molar-refractivity contribution in [3.63, 3.8) is 0 Å². The number of benzene rings is 2. The zero-order valence-corrected chi connectivity index (χ0v) is 10.3. The van der Waals surface area contributed by atoms with Crippen molar-refractivity contribution in [2.24, 2.45) is 0 Å². The number of ether oxygens (including phenoxy) is 1. The van der Waals surface area contributed by atoms with Crippen molar-refractivity contribution in [1.29, 1.82) is 0 Å². The van der Waals surface area contributed by atoms with E-state index in [9.17, 15) is 9.18 Å². The fourth-order valence-corrected chi connectivity index (χ4v) is 1.63. The van der Waals surface area contributed by atoms with Gasteiger partial charge in [-0.1, -0.05) is 12.1 Å². The second-order valence-corrected chi connectivity index (χ2v) is 3.89. The number of nitrogen functional groups attached to an aromatic ring is 1. The largest absolute Gasteiger partial charge is 0.495 e. The predicted octanol–water partition coefficient (Wildman–Crippen LogP) is 2.67. The molecule has 0 aromatic heterocycles. The number of hydrogen-bond donors (Lipinski definition) is 2. The number of nitrogens with one attached hydrogen (secondary N) is 1. The van der Waals surface area contributed by atoms with Crippen molar-refractivity contribution in [1.82, 2.24) is 0 Å². The van der Waals surface area contributed by atoms with Gasteiger partial charge in [-0.3, -0.25) is 4.79 Å². The number of anilines is 2. The van der Waals surface area contributed by atoms with Crippen LogP contribution in [0.4, 0.5) is 15.8 Å². The molecule has 0 aliphatic rings. The van der Waals surface area contributed by atoms with E-state index < -0.39 is 11.7 Å². The molecule has 0 spiro atoms. The van der Waals surface area contributed by atoms with Gasteiger partial charge in [-0.25, -0.2) is 4.39 Å². The summed E-state index contributed by atoms with van der Waals surface area (Å²) in [6.07, 6.45) is 0. The first kappa shape index (κ1) is 12.9. The molecular formula is C14H13FN2O2. The Morgan fingerprint density at radius 1 is 1.26 bits per heavy atom. The highest BCUT2D eigenvalue weighted by atomic mass is 19.1. The van der Waals surface area contributed by atoms with Gasteiger partial charge in [-0.2, -0.15) is 0 Å². The van der Waals surface area contributed by atoms with Gasteiger partial charge in [-0.15, -0.1) is 0 Å². The predicted molar refractivity (Wildman–Crippen MR) is 71.8 cm³/mol. The number of methoxy groups -OCH3 is 1. The van der Waals surface area contributed by atoms with Crippen molar-refractivity contribution < 1.29 is 13.9 Å². The number of halogens is 1. The van der Waals surface area contributed by atoms with E-state index in [2.05, 4.69) is 5.32 Å². The minimum Gasteiger partial charge on any atom is -0.495 e. The van der Waals surface area contributed by atoms with Crippen LogP contribution < -0.4 is 15.8 Å². The molecule has 4 nitrogen and oxygen atoms in total. The number of rotatable bonds is 3. The van der Waals surface area contributed by atoms with Gasteiger partial charge in [0.1, 0.15) is 11.6 Å². The summed E-state index contributed by atoms with van der Waals surface area (Å²) in [6.45, 7) is 0. The van der Waals surface area contributed by atoms with Crippen molar-refractivity contribution in [2.75, 3.05) is 18.2 Å². The van der Waals surface area contributed by atoms with Crippen LogP contribution in [0.2, 0.25) is 0 Å². The Balaban J connectivity index is 2.22. The molecule has 0 saturated carbocycles. The highest BCUT2D eigenvalue weighted by molar-refractivity contribution is 6.04. The Morgan fingerprint density at radius 3 is 2.68 bits per heavy atom. The van der Waals surface area contributed by atoms with E-state index >= 15 is 0 Å². The Kier molecular flexibility index (Phi) is 3.66. The van der Waals surface area contributed by atoms with Crippen LogP contribution in [0.5, 0.6) is 5.75 Å². The van der Waals surface area contributed by atoms with Crippen LogP contribution >= 0.6 is 0 Å². The van der Waals surface area contributed by atoms with Crippen molar-refractivity contribution >= 4 is 17.3 Å². The van der Waals surface area contributed by atoms with Crippen molar-refractivity contribution in [3.8, 4) is 5.75 Å². The highest BCUT2D eigenvalue weighted by Crippen LogP contribution is 2.25. The summed E-state index contributed by atoms with van der Waals surface area (Å²) in [5.74, 6) is -0.640. The van der Waals surface area contributed by atoms with Crippen LogP contribution in [0.3, 0.4) is 0 Å². The second kappa shape index (κ2) is 5.39. The maximum atomic E-state index is 13.4. The van der Waals surface area contributed by atoms with Crippen molar-refractivity contribution in [3.05, 3.63) is 53.8 Å². The lowest BCUT2D eigenvalue weighted by Crippen LogP contribution is -2.13. The minimum atomic E-state index is -0.567. The molecule has 0 atom stereocenters. The zero-order chi connectivity index (χ0) is 13.8. The van der Waals surface area contributed by atoms with Gasteiger partial charge in [-0.05, 0) is 24.3 Å². The number of carbonyl (C=O) groups is 1. The van der Waals surface area contributed by atoms with Gasteiger partial charge in [0.15, 0.2) is 0 Å². The molecule has 0 bridgehead atoms. The van der Waals surface area contributed by atoms with Gasteiger partial charge in [0, 0.05) is 11.8 Å². The summed E-state index contributed by atoms with van der Waals surface area (Å²) in [5, 5.41) is 2.59. The monoisotopic (exact) mass is 260 g/mol. The van der Waals surface area contributed by atoms with E-state index in [1.165, 1.54) is 25.3 Å². The normalized spacial score (nSPS) is 10.0. The van der Waals surface area contributed by atoms with Gasteiger partial charge >= 0.3 is 0 Å². The van der Waals surface area contributed by atoms with Gasteiger partial charge in [0.2, 0.25) is 0 Å². The lowest BCUT2D eigenvalue weighted by Gasteiger charge is -2.09. The standard InChI is InChI=1S/C14H13FN2O2/c1-19-13-8-9(6-7-12(13)16)17-14(18)10-4-2-3-5-11(10)15/h2-8H,16H2,1H3,(H,17,18). The molecule has 0 radical (unpaired) electrons. The third-order valence-electron chi connectivity index (χ3n) is 2.61. The Labute approximate surface area is 110 Å². The molecule has 3 N–H and O–H groups in total. The quantitative estimate of drug-likeness (QED) is 0.834. The van der Waals surface area contributed by atoms with Crippen molar-refractivity contribution in [2.45, 2.75) is 0 Å². The molecule has 5 heteroatoms. The van der Waals surface area contributed by atoms with E-state index in [1.807, 2.05) is 0 Å². The van der Waals surface area contributed by atoms with Crippen LogP contribution in [-0.4, -0.2) is 13.0 Å². The molecule has 1 amide bonds. The van der Waals surface area contributed by atoms with Crippen LogP contribution in [0.25, 0.3) is 0 Å². The zero-order valence-electron chi connectivity index (χ0n) is 10.3. The smallest absolute Gasteiger partial charge is 0.258 e. The van der Waals surface area contributed by atoms with Gasteiger partial charge in [0.05, 0.1) is 18.4 Å². The fraction of sp³-hybridized carbons (Fsp3) is 0.0714. The van der Waals surface area contributed by atoms with Gasteiger partial charge in [0.25, 0.3) is 5.91 Å². The lowest BCUT2D eigenvalue weighted by molar-refractivity contribution is 0.102. The summed E-state index contributed by atoms with van der Waals surface area (Å²) in [5.41, 5.74) is 6.60. The lowest BCUT2D eigenvalue weighted by atomic mass is 10.2. The summed E-state index contributed by atoms with van der Waals surface area (Å²) in [4.78, 5) is 11.9. The van der Waals surface area contributed by atoms with E-state index in [1.54, 1.807) is 24.3 Å². The number of nitrogens with two attached hydrogens (primary N) is 1. The van der Waals surface area contributed by atoms with Crippen LogP contribution in [-0.2, 0) is 0 Å². The van der Waals surface area contributed by atoms with Crippen LogP contribution in [0.15, 0.2) is 42.5 Å². The number of amides is 1. The maximum absolute atomic E-state index is 13.4. The number of hydrogen-bond acceptors (Lipinski definition) is 3. The fourth-order valence-electron chi connectivity index (χ4n) is 1.63. The first-order chi connectivity index (χ1) is 9.11. The third-order valence-corrected chi connectivity index (χ3v) is 2.61. The molecule has 0 saturated heterocycles. The van der Waals surface area contributed by atoms with E-state index in [-0.39, 0.29) is 5.56 Å². The van der Waals surface area contributed by atoms with E-state index in [0.29, 0.717) is 17.1 Å². The van der Waals surface area contributed by atoms with E-state index in [4.69, 9.17) is 10.5 Å². The summed E-state index contributed by atoms with van der Waals surface area (Å²) in [6, 6.07) is 10.6. The minimum absolute atomic E-state index is 0.0155. The topological polar surface area (TPSA) is 64.3 Å². The third kappa shape index (κ3) is 2.82. The first-order valence-electron chi connectivity index (χ1n) is 5.61. The molecule has 0 fully saturated rings. The Bertz CT molecular complexity index is 614. The van der Waals surface area contributed by atoms with Gasteiger partial charge < -0.3 is 15.8 Å². The first-order valence-corrected chi connectivity index (χ1v) is 5.61. The maximum Gasteiger partial charge on any atom is 0.258 e.